The molecule has 1 heterocycles. The van der Waals surface area contributed by atoms with Crippen LogP contribution in [0.2, 0.25) is 0 Å². The predicted molar refractivity (Wildman–Crippen MR) is 80.1 cm³/mol. The molecule has 2 unspecified atom stereocenters. The van der Waals surface area contributed by atoms with Crippen molar-refractivity contribution in [3.05, 3.63) is 47.1 Å². The van der Waals surface area contributed by atoms with E-state index in [-0.39, 0.29) is 12.0 Å². The van der Waals surface area contributed by atoms with Gasteiger partial charge in [0.2, 0.25) is 5.89 Å². The minimum Gasteiger partial charge on any atom is -0.339 e. The number of aromatic nitrogens is 2. The lowest BCUT2D eigenvalue weighted by molar-refractivity contribution is -0.137. The highest BCUT2D eigenvalue weighted by Crippen LogP contribution is 2.30. The Hall–Kier alpha value is -1.89. The Morgan fingerprint density at radius 2 is 1.78 bits per heavy atom. The van der Waals surface area contributed by atoms with Gasteiger partial charge >= 0.3 is 6.18 Å². The van der Waals surface area contributed by atoms with Crippen LogP contribution < -0.4 is 5.32 Å². The Balaban J connectivity index is 2.00. The SMILES string of the molecule is CNC(C)Cc1noc(CC(C)c2ccc(C(F)(F)F)cc2)n1. The summed E-state index contributed by atoms with van der Waals surface area (Å²) < 4.78 is 42.9. The van der Waals surface area contributed by atoms with Crippen LogP contribution in [0.1, 0.15) is 42.6 Å². The fourth-order valence-electron chi connectivity index (χ4n) is 2.21. The zero-order valence-electron chi connectivity index (χ0n) is 13.3. The molecule has 0 bridgehead atoms. The first kappa shape index (κ1) is 17.5. The molecule has 1 aromatic heterocycles. The second kappa shape index (κ2) is 7.12. The van der Waals surface area contributed by atoms with Crippen LogP contribution in [0, 0.1) is 0 Å². The lowest BCUT2D eigenvalue weighted by Gasteiger charge is -2.11. The summed E-state index contributed by atoms with van der Waals surface area (Å²) in [5, 5.41) is 7.02. The summed E-state index contributed by atoms with van der Waals surface area (Å²) >= 11 is 0. The number of benzene rings is 1. The van der Waals surface area contributed by atoms with E-state index in [9.17, 15) is 13.2 Å². The second-order valence-electron chi connectivity index (χ2n) is 5.72. The number of likely N-dealkylation sites (N-methyl/N-ethyl adjacent to an activating group) is 1. The topological polar surface area (TPSA) is 51.0 Å². The first-order chi connectivity index (χ1) is 10.8. The highest BCUT2D eigenvalue weighted by molar-refractivity contribution is 5.27. The molecule has 0 saturated carbocycles. The van der Waals surface area contributed by atoms with E-state index in [2.05, 4.69) is 15.5 Å². The lowest BCUT2D eigenvalue weighted by Crippen LogP contribution is -2.24. The van der Waals surface area contributed by atoms with E-state index < -0.39 is 11.7 Å². The third kappa shape index (κ3) is 4.79. The second-order valence-corrected chi connectivity index (χ2v) is 5.72. The van der Waals surface area contributed by atoms with Crippen LogP contribution >= 0.6 is 0 Å². The zero-order chi connectivity index (χ0) is 17.0. The predicted octanol–water partition coefficient (Wildman–Crippen LogP) is 3.59. The number of nitrogens with zero attached hydrogens (tertiary/aromatic N) is 2. The van der Waals surface area contributed by atoms with Crippen LogP contribution in [0.15, 0.2) is 28.8 Å². The van der Waals surface area contributed by atoms with Crippen molar-refractivity contribution in [3.8, 4) is 0 Å². The van der Waals surface area contributed by atoms with Crippen LogP contribution in [0.4, 0.5) is 13.2 Å². The highest BCUT2D eigenvalue weighted by Gasteiger charge is 2.30. The summed E-state index contributed by atoms with van der Waals surface area (Å²) in [5.74, 6) is 1.12. The van der Waals surface area contributed by atoms with Crippen LogP contribution in [0.3, 0.4) is 0 Å². The van der Waals surface area contributed by atoms with E-state index in [0.29, 0.717) is 24.6 Å². The summed E-state index contributed by atoms with van der Waals surface area (Å²) in [6, 6.07) is 5.42. The molecule has 0 amide bonds. The molecule has 4 nitrogen and oxygen atoms in total. The molecule has 1 aromatic carbocycles. The van der Waals surface area contributed by atoms with E-state index in [1.165, 1.54) is 12.1 Å². The maximum atomic E-state index is 12.6. The largest absolute Gasteiger partial charge is 0.416 e. The Morgan fingerprint density at radius 3 is 2.35 bits per heavy atom. The highest BCUT2D eigenvalue weighted by atomic mass is 19.4. The van der Waals surface area contributed by atoms with Gasteiger partial charge in [-0.15, -0.1) is 0 Å². The van der Waals surface area contributed by atoms with Crippen molar-refractivity contribution >= 4 is 0 Å². The number of hydrogen-bond acceptors (Lipinski definition) is 4. The van der Waals surface area contributed by atoms with Crippen molar-refractivity contribution < 1.29 is 17.7 Å². The molecule has 0 radical (unpaired) electrons. The number of halogens is 3. The van der Waals surface area contributed by atoms with Gasteiger partial charge in [-0.25, -0.2) is 0 Å². The average Bonchev–Trinajstić information content (AvgIpc) is 2.93. The number of rotatable bonds is 6. The summed E-state index contributed by atoms with van der Waals surface area (Å²) in [6.07, 6.45) is -3.16. The van der Waals surface area contributed by atoms with Gasteiger partial charge in [-0.2, -0.15) is 18.2 Å². The molecule has 0 aliphatic carbocycles. The maximum Gasteiger partial charge on any atom is 0.416 e. The third-order valence-corrected chi connectivity index (χ3v) is 3.78. The molecule has 0 saturated heterocycles. The minimum atomic E-state index is -4.31. The quantitative estimate of drug-likeness (QED) is 0.881. The molecule has 1 N–H and O–H groups in total. The monoisotopic (exact) mass is 327 g/mol. The fraction of sp³-hybridized carbons (Fsp3) is 0.500. The van der Waals surface area contributed by atoms with E-state index in [1.807, 2.05) is 20.9 Å². The molecule has 2 aromatic rings. The minimum absolute atomic E-state index is 0.00712. The van der Waals surface area contributed by atoms with Crippen molar-refractivity contribution in [2.75, 3.05) is 7.05 Å². The molecular weight excluding hydrogens is 307 g/mol. The molecule has 7 heteroatoms. The summed E-state index contributed by atoms with van der Waals surface area (Å²) in [6.45, 7) is 3.93. The van der Waals surface area contributed by atoms with Gasteiger partial charge < -0.3 is 9.84 Å². The van der Waals surface area contributed by atoms with Crippen LogP contribution in [0.5, 0.6) is 0 Å². The molecule has 2 atom stereocenters. The van der Waals surface area contributed by atoms with Crippen molar-refractivity contribution in [2.45, 2.75) is 44.8 Å². The molecule has 126 valence electrons. The Labute approximate surface area is 133 Å². The van der Waals surface area contributed by atoms with Gasteiger partial charge in [0.05, 0.1) is 5.56 Å². The van der Waals surface area contributed by atoms with E-state index in [1.54, 1.807) is 0 Å². The summed E-state index contributed by atoms with van der Waals surface area (Å²) in [7, 11) is 1.86. The first-order valence-corrected chi connectivity index (χ1v) is 7.45. The van der Waals surface area contributed by atoms with Gasteiger partial charge in [0.15, 0.2) is 5.82 Å². The zero-order valence-corrected chi connectivity index (χ0v) is 13.3. The van der Waals surface area contributed by atoms with Crippen LogP contribution in [-0.4, -0.2) is 23.2 Å². The van der Waals surface area contributed by atoms with Gasteiger partial charge in [0.1, 0.15) is 0 Å². The van der Waals surface area contributed by atoms with Crippen molar-refractivity contribution in [3.63, 3.8) is 0 Å². The van der Waals surface area contributed by atoms with Gasteiger partial charge in [0, 0.05) is 18.9 Å². The Morgan fingerprint density at radius 1 is 1.13 bits per heavy atom. The molecule has 0 aliphatic heterocycles. The lowest BCUT2D eigenvalue weighted by atomic mass is 9.96. The van der Waals surface area contributed by atoms with Gasteiger partial charge in [-0.1, -0.05) is 24.2 Å². The molecule has 23 heavy (non-hydrogen) atoms. The van der Waals surface area contributed by atoms with E-state index in [0.717, 1.165) is 17.7 Å². The number of alkyl halides is 3. The fourth-order valence-corrected chi connectivity index (χ4v) is 2.21. The first-order valence-electron chi connectivity index (χ1n) is 7.45. The van der Waals surface area contributed by atoms with E-state index >= 15 is 0 Å². The molecule has 0 fully saturated rings. The normalized spacial score (nSPS) is 14.7. The van der Waals surface area contributed by atoms with Crippen LogP contribution in [-0.2, 0) is 19.0 Å². The molecule has 0 aliphatic rings. The van der Waals surface area contributed by atoms with E-state index in [4.69, 9.17) is 4.52 Å². The molecule has 2 rings (SSSR count). The van der Waals surface area contributed by atoms with Gasteiger partial charge in [-0.05, 0) is 37.6 Å². The van der Waals surface area contributed by atoms with Crippen LogP contribution in [0.25, 0.3) is 0 Å². The number of hydrogen-bond donors (Lipinski definition) is 1. The smallest absolute Gasteiger partial charge is 0.339 e. The van der Waals surface area contributed by atoms with Gasteiger partial charge in [-0.3, -0.25) is 0 Å². The van der Waals surface area contributed by atoms with Crippen molar-refractivity contribution in [2.24, 2.45) is 0 Å². The van der Waals surface area contributed by atoms with Crippen molar-refractivity contribution in [1.82, 2.24) is 15.5 Å². The summed E-state index contributed by atoms with van der Waals surface area (Å²) in [5.41, 5.74) is 0.163. The van der Waals surface area contributed by atoms with Crippen molar-refractivity contribution in [1.29, 1.82) is 0 Å². The molecular formula is C16H20F3N3O. The Kier molecular flexibility index (Phi) is 5.41. The number of nitrogens with one attached hydrogen (secondary N) is 1. The average molecular weight is 327 g/mol. The molecule has 0 spiro atoms. The standard InChI is InChI=1S/C16H20F3N3O/c1-10(12-4-6-13(7-5-12)16(17,18)19)8-15-21-14(22-23-15)9-11(2)20-3/h4-7,10-11,20H,8-9H2,1-3H3. The Bertz CT molecular complexity index is 622. The third-order valence-electron chi connectivity index (χ3n) is 3.78. The maximum absolute atomic E-state index is 12.6. The summed E-state index contributed by atoms with van der Waals surface area (Å²) in [4.78, 5) is 4.32. The van der Waals surface area contributed by atoms with Gasteiger partial charge in [0.25, 0.3) is 0 Å².